The van der Waals surface area contributed by atoms with Crippen LogP contribution in [0.4, 0.5) is 19.3 Å². The molecule has 0 atom stereocenters. The Morgan fingerprint density at radius 3 is 2.59 bits per heavy atom. The highest BCUT2D eigenvalue weighted by atomic mass is 19.1. The molecule has 0 saturated heterocycles. The Hall–Kier alpha value is -2.51. The number of hydrogen-bond donors (Lipinski definition) is 2. The van der Waals surface area contributed by atoms with E-state index in [4.69, 9.17) is 0 Å². The molecule has 2 amide bonds. The summed E-state index contributed by atoms with van der Waals surface area (Å²) in [5, 5.41) is 9.12. The zero-order chi connectivity index (χ0) is 12.3. The first-order valence-corrected chi connectivity index (χ1v) is 4.53. The molecule has 0 fully saturated rings. The molecule has 0 bridgehead atoms. The largest absolute Gasteiger partial charge is 0.338 e. The SMILES string of the molecule is O=C(Nc1ccc(F)cc1F)Nn1cnnc1. The standard InChI is InChI=1S/C9H7F2N5O/c10-6-1-2-8(7(11)3-6)14-9(17)15-16-4-12-13-5-16/h1-5H,(H2,14,15,17). The van der Waals surface area contributed by atoms with Gasteiger partial charge >= 0.3 is 6.03 Å². The van der Waals surface area contributed by atoms with Gasteiger partial charge in [-0.1, -0.05) is 0 Å². The quantitative estimate of drug-likeness (QED) is 0.830. The second-order valence-corrected chi connectivity index (χ2v) is 3.06. The molecule has 8 heteroatoms. The maximum absolute atomic E-state index is 13.2. The Bertz CT molecular complexity index is 528. The summed E-state index contributed by atoms with van der Waals surface area (Å²) in [5.41, 5.74) is 2.17. The summed E-state index contributed by atoms with van der Waals surface area (Å²) in [5.74, 6) is -1.57. The predicted octanol–water partition coefficient (Wildman–Crippen LogP) is 1.33. The summed E-state index contributed by atoms with van der Waals surface area (Å²) >= 11 is 0. The molecule has 0 radical (unpaired) electrons. The lowest BCUT2D eigenvalue weighted by Crippen LogP contribution is -2.27. The van der Waals surface area contributed by atoms with Crippen LogP contribution >= 0.6 is 0 Å². The van der Waals surface area contributed by atoms with Gasteiger partial charge in [0.25, 0.3) is 0 Å². The maximum Gasteiger partial charge on any atom is 0.338 e. The van der Waals surface area contributed by atoms with E-state index < -0.39 is 17.7 Å². The van der Waals surface area contributed by atoms with Crippen molar-refractivity contribution in [3.8, 4) is 0 Å². The molecular weight excluding hydrogens is 232 g/mol. The van der Waals surface area contributed by atoms with Gasteiger partial charge in [-0.05, 0) is 12.1 Å². The van der Waals surface area contributed by atoms with Crippen LogP contribution in [0.5, 0.6) is 0 Å². The lowest BCUT2D eigenvalue weighted by Gasteiger charge is -2.07. The fourth-order valence-corrected chi connectivity index (χ4v) is 1.12. The van der Waals surface area contributed by atoms with Gasteiger partial charge in [0, 0.05) is 6.07 Å². The predicted molar refractivity (Wildman–Crippen MR) is 54.8 cm³/mol. The van der Waals surface area contributed by atoms with Crippen LogP contribution in [0.2, 0.25) is 0 Å². The van der Waals surface area contributed by atoms with Gasteiger partial charge in [0.1, 0.15) is 24.3 Å². The number of carbonyl (C=O) groups is 1. The minimum atomic E-state index is -0.857. The summed E-state index contributed by atoms with van der Waals surface area (Å²) in [6.45, 7) is 0. The smallest absolute Gasteiger partial charge is 0.304 e. The molecule has 2 rings (SSSR count). The Labute approximate surface area is 94.2 Å². The highest BCUT2D eigenvalue weighted by Gasteiger charge is 2.07. The molecule has 88 valence electrons. The third kappa shape index (κ3) is 2.74. The third-order valence-electron chi connectivity index (χ3n) is 1.83. The monoisotopic (exact) mass is 239 g/mol. The fourth-order valence-electron chi connectivity index (χ4n) is 1.12. The fraction of sp³-hybridized carbons (Fsp3) is 0. The second kappa shape index (κ2) is 4.56. The third-order valence-corrected chi connectivity index (χ3v) is 1.83. The average molecular weight is 239 g/mol. The van der Waals surface area contributed by atoms with Crippen LogP contribution in [-0.2, 0) is 0 Å². The number of halogens is 2. The van der Waals surface area contributed by atoms with E-state index in [1.54, 1.807) is 0 Å². The summed E-state index contributed by atoms with van der Waals surface area (Å²) in [4.78, 5) is 11.4. The van der Waals surface area contributed by atoms with Crippen LogP contribution in [0.25, 0.3) is 0 Å². The van der Waals surface area contributed by atoms with Gasteiger partial charge in [-0.25, -0.2) is 23.7 Å². The topological polar surface area (TPSA) is 71.8 Å². The molecule has 1 aromatic heterocycles. The van der Waals surface area contributed by atoms with Crippen molar-refractivity contribution in [1.82, 2.24) is 14.9 Å². The number of aromatic nitrogens is 3. The number of hydrogen-bond acceptors (Lipinski definition) is 3. The van der Waals surface area contributed by atoms with E-state index in [1.165, 1.54) is 17.3 Å². The highest BCUT2D eigenvalue weighted by molar-refractivity contribution is 5.94. The van der Waals surface area contributed by atoms with Gasteiger partial charge < -0.3 is 5.32 Å². The molecule has 6 nitrogen and oxygen atoms in total. The van der Waals surface area contributed by atoms with Gasteiger partial charge in [-0.15, -0.1) is 10.2 Å². The zero-order valence-electron chi connectivity index (χ0n) is 8.39. The van der Waals surface area contributed by atoms with Crippen LogP contribution in [0.15, 0.2) is 30.9 Å². The molecular formula is C9H7F2N5O. The van der Waals surface area contributed by atoms with Crippen molar-refractivity contribution in [2.75, 3.05) is 10.7 Å². The Morgan fingerprint density at radius 1 is 1.24 bits per heavy atom. The molecule has 0 aliphatic heterocycles. The van der Waals surface area contributed by atoms with Crippen molar-refractivity contribution < 1.29 is 13.6 Å². The van der Waals surface area contributed by atoms with Crippen molar-refractivity contribution in [2.24, 2.45) is 0 Å². The Kier molecular flexibility index (Phi) is 2.95. The molecule has 2 N–H and O–H groups in total. The van der Waals surface area contributed by atoms with E-state index in [0.29, 0.717) is 6.07 Å². The first-order chi connectivity index (χ1) is 8.15. The van der Waals surface area contributed by atoms with Crippen molar-refractivity contribution in [1.29, 1.82) is 0 Å². The lowest BCUT2D eigenvalue weighted by molar-refractivity contribution is 0.259. The van der Waals surface area contributed by atoms with Crippen LogP contribution in [0, 0.1) is 11.6 Å². The first kappa shape index (κ1) is 11.0. The van der Waals surface area contributed by atoms with Gasteiger partial charge in [0.15, 0.2) is 0 Å². The van der Waals surface area contributed by atoms with Crippen LogP contribution in [0.3, 0.4) is 0 Å². The number of carbonyl (C=O) groups excluding carboxylic acids is 1. The molecule has 0 spiro atoms. The average Bonchev–Trinajstić information content (AvgIpc) is 2.75. The zero-order valence-corrected chi connectivity index (χ0v) is 8.39. The molecule has 1 aromatic carbocycles. The summed E-state index contributed by atoms with van der Waals surface area (Å²) in [6.07, 6.45) is 2.50. The van der Waals surface area contributed by atoms with Crippen molar-refractivity contribution >= 4 is 11.7 Å². The van der Waals surface area contributed by atoms with Crippen molar-refractivity contribution in [3.63, 3.8) is 0 Å². The molecule has 17 heavy (non-hydrogen) atoms. The minimum Gasteiger partial charge on any atom is -0.304 e. The van der Waals surface area contributed by atoms with E-state index in [-0.39, 0.29) is 5.69 Å². The van der Waals surface area contributed by atoms with Crippen LogP contribution < -0.4 is 10.7 Å². The molecule has 1 heterocycles. The molecule has 0 saturated carbocycles. The normalized spacial score (nSPS) is 10.0. The summed E-state index contributed by atoms with van der Waals surface area (Å²) < 4.78 is 27.0. The van der Waals surface area contributed by atoms with Gasteiger partial charge in [-0.2, -0.15) is 0 Å². The lowest BCUT2D eigenvalue weighted by atomic mass is 10.3. The molecule has 0 aliphatic carbocycles. The minimum absolute atomic E-state index is 0.128. The summed E-state index contributed by atoms with van der Waals surface area (Å²) in [7, 11) is 0. The number of rotatable bonds is 2. The maximum atomic E-state index is 13.2. The van der Waals surface area contributed by atoms with Crippen molar-refractivity contribution in [3.05, 3.63) is 42.5 Å². The molecule has 2 aromatic rings. The van der Waals surface area contributed by atoms with Gasteiger partial charge in [0.05, 0.1) is 5.69 Å². The van der Waals surface area contributed by atoms with Crippen LogP contribution in [0.1, 0.15) is 0 Å². The Balaban J connectivity index is 2.03. The summed E-state index contributed by atoms with van der Waals surface area (Å²) in [6, 6.07) is 2.14. The van der Waals surface area contributed by atoms with Gasteiger partial charge in [0.2, 0.25) is 0 Å². The number of amides is 2. The number of nitrogens with zero attached hydrogens (tertiary/aromatic N) is 3. The number of anilines is 1. The second-order valence-electron chi connectivity index (χ2n) is 3.06. The van der Waals surface area contributed by atoms with E-state index in [2.05, 4.69) is 20.9 Å². The van der Waals surface area contributed by atoms with E-state index in [9.17, 15) is 13.6 Å². The molecule has 0 unspecified atom stereocenters. The van der Waals surface area contributed by atoms with E-state index >= 15 is 0 Å². The number of urea groups is 1. The van der Waals surface area contributed by atoms with Crippen LogP contribution in [-0.4, -0.2) is 20.9 Å². The van der Waals surface area contributed by atoms with E-state index in [1.807, 2.05) is 0 Å². The Morgan fingerprint density at radius 2 is 1.94 bits per heavy atom. The van der Waals surface area contributed by atoms with E-state index in [0.717, 1.165) is 12.1 Å². The van der Waals surface area contributed by atoms with Gasteiger partial charge in [-0.3, -0.25) is 0 Å². The highest BCUT2D eigenvalue weighted by Crippen LogP contribution is 2.14. The first-order valence-electron chi connectivity index (χ1n) is 4.53. The number of nitrogens with one attached hydrogen (secondary N) is 2. The molecule has 0 aliphatic rings. The number of benzene rings is 1. The van der Waals surface area contributed by atoms with Crippen molar-refractivity contribution in [2.45, 2.75) is 0 Å².